The van der Waals surface area contributed by atoms with E-state index in [2.05, 4.69) is 10.2 Å². The number of rotatable bonds is 3. The Balaban J connectivity index is 0.00000161. The van der Waals surface area contributed by atoms with Gasteiger partial charge in [-0.2, -0.15) is 5.10 Å². The highest BCUT2D eigenvalue weighted by atomic mass is 35.5. The lowest BCUT2D eigenvalue weighted by Gasteiger charge is -2.16. The highest BCUT2D eigenvalue weighted by Gasteiger charge is 2.18. The van der Waals surface area contributed by atoms with E-state index < -0.39 is 0 Å². The van der Waals surface area contributed by atoms with Gasteiger partial charge >= 0.3 is 0 Å². The van der Waals surface area contributed by atoms with Gasteiger partial charge in [-0.05, 0) is 41.5 Å². The van der Waals surface area contributed by atoms with Crippen molar-refractivity contribution in [3.63, 3.8) is 0 Å². The number of halogens is 3. The van der Waals surface area contributed by atoms with Crippen LogP contribution in [0.2, 0.25) is 10.0 Å². The summed E-state index contributed by atoms with van der Waals surface area (Å²) in [6.07, 6.45) is 1.83. The van der Waals surface area contributed by atoms with Gasteiger partial charge in [0.15, 0.2) is 0 Å². The van der Waals surface area contributed by atoms with Gasteiger partial charge in [0.2, 0.25) is 0 Å². The first-order valence-electron chi connectivity index (χ1n) is 6.24. The van der Waals surface area contributed by atoms with Crippen molar-refractivity contribution in [1.29, 1.82) is 0 Å². The molecule has 21 heavy (non-hydrogen) atoms. The van der Waals surface area contributed by atoms with Gasteiger partial charge < -0.3 is 0 Å². The molecule has 0 fully saturated rings. The molecule has 3 rings (SSSR count). The molecule has 2 nitrogen and oxygen atoms in total. The van der Waals surface area contributed by atoms with E-state index in [1.54, 1.807) is 0 Å². The van der Waals surface area contributed by atoms with Crippen LogP contribution >= 0.6 is 35.6 Å². The van der Waals surface area contributed by atoms with Gasteiger partial charge in [-0.1, -0.05) is 47.5 Å². The number of hydrogen-bond acceptors (Lipinski definition) is 1. The van der Waals surface area contributed by atoms with Crippen LogP contribution < -0.4 is 0 Å². The maximum Gasteiger partial charge on any atom is 0.0740 e. The molecule has 0 unspecified atom stereocenters. The second kappa shape index (κ2) is 6.99. The molecule has 0 spiro atoms. The first-order chi connectivity index (χ1) is 9.74. The SMILES string of the molecule is Cl.Clc1ccc(C(c2ccc(Cl)cc2)c2cc[nH]n2)cc1. The molecule has 0 aliphatic rings. The summed E-state index contributed by atoms with van der Waals surface area (Å²) in [7, 11) is 0. The molecule has 5 heteroatoms. The van der Waals surface area contributed by atoms with Crippen molar-refractivity contribution in [2.45, 2.75) is 5.92 Å². The van der Waals surface area contributed by atoms with Crippen LogP contribution in [0.4, 0.5) is 0 Å². The average molecular weight is 340 g/mol. The van der Waals surface area contributed by atoms with Gasteiger partial charge in [-0.15, -0.1) is 12.4 Å². The molecule has 2 aromatic carbocycles. The Morgan fingerprint density at radius 3 is 1.62 bits per heavy atom. The molecule has 3 aromatic rings. The predicted molar refractivity (Wildman–Crippen MR) is 89.7 cm³/mol. The van der Waals surface area contributed by atoms with Gasteiger partial charge in [0.25, 0.3) is 0 Å². The van der Waals surface area contributed by atoms with Crippen LogP contribution in [0.1, 0.15) is 22.7 Å². The average Bonchev–Trinajstić information content (AvgIpc) is 2.97. The molecular weight excluding hydrogens is 327 g/mol. The standard InChI is InChI=1S/C16H12Cl2N2.ClH/c17-13-5-1-11(2-6-13)16(15-9-10-19-20-15)12-3-7-14(18)8-4-12;/h1-10,16H,(H,19,20);1H. The summed E-state index contributed by atoms with van der Waals surface area (Å²) in [5.74, 6) is 0.0655. The molecule has 1 aromatic heterocycles. The van der Waals surface area contributed by atoms with E-state index in [1.807, 2.05) is 60.8 Å². The van der Waals surface area contributed by atoms with E-state index in [0.717, 1.165) is 26.9 Å². The van der Waals surface area contributed by atoms with Crippen molar-refractivity contribution in [2.75, 3.05) is 0 Å². The molecule has 108 valence electrons. The number of nitrogens with one attached hydrogen (secondary N) is 1. The molecule has 0 atom stereocenters. The second-order valence-corrected chi connectivity index (χ2v) is 5.41. The maximum atomic E-state index is 5.97. The van der Waals surface area contributed by atoms with Crippen LogP contribution in [0.25, 0.3) is 0 Å². The molecule has 0 amide bonds. The zero-order chi connectivity index (χ0) is 13.9. The van der Waals surface area contributed by atoms with Gasteiger partial charge in [-0.3, -0.25) is 5.10 Å². The van der Waals surface area contributed by atoms with Crippen molar-refractivity contribution in [1.82, 2.24) is 10.2 Å². The molecule has 0 aliphatic heterocycles. The highest BCUT2D eigenvalue weighted by Crippen LogP contribution is 2.31. The Kier molecular flexibility index (Phi) is 5.29. The van der Waals surface area contributed by atoms with E-state index in [4.69, 9.17) is 23.2 Å². The Morgan fingerprint density at radius 2 is 1.24 bits per heavy atom. The molecule has 1 heterocycles. The Labute approximate surface area is 139 Å². The van der Waals surface area contributed by atoms with Crippen LogP contribution in [0.3, 0.4) is 0 Å². The Bertz CT molecular complexity index is 631. The monoisotopic (exact) mass is 338 g/mol. The van der Waals surface area contributed by atoms with Gasteiger partial charge in [0, 0.05) is 16.2 Å². The number of aromatic amines is 1. The molecule has 0 bridgehead atoms. The number of nitrogens with zero attached hydrogens (tertiary/aromatic N) is 1. The lowest BCUT2D eigenvalue weighted by molar-refractivity contribution is 0.894. The first kappa shape index (κ1) is 15.9. The number of benzene rings is 2. The number of hydrogen-bond donors (Lipinski definition) is 1. The molecule has 1 N–H and O–H groups in total. The van der Waals surface area contributed by atoms with Crippen molar-refractivity contribution in [3.05, 3.63) is 87.7 Å². The quantitative estimate of drug-likeness (QED) is 0.687. The highest BCUT2D eigenvalue weighted by molar-refractivity contribution is 6.30. The summed E-state index contributed by atoms with van der Waals surface area (Å²) in [5, 5.41) is 8.65. The minimum atomic E-state index is 0. The minimum Gasteiger partial charge on any atom is -0.285 e. The minimum absolute atomic E-state index is 0. The van der Waals surface area contributed by atoms with Crippen LogP contribution in [-0.4, -0.2) is 10.2 Å². The van der Waals surface area contributed by atoms with Crippen molar-refractivity contribution < 1.29 is 0 Å². The third kappa shape index (κ3) is 3.59. The third-order valence-electron chi connectivity index (χ3n) is 3.22. The lowest BCUT2D eigenvalue weighted by Crippen LogP contribution is -2.03. The van der Waals surface area contributed by atoms with Gasteiger partial charge in [0.05, 0.1) is 11.6 Å². The molecular formula is C16H13Cl3N2. The summed E-state index contributed by atoms with van der Waals surface area (Å²) >= 11 is 11.9. The van der Waals surface area contributed by atoms with Crippen molar-refractivity contribution in [3.8, 4) is 0 Å². The zero-order valence-electron chi connectivity index (χ0n) is 11.0. The zero-order valence-corrected chi connectivity index (χ0v) is 13.3. The van der Waals surface area contributed by atoms with Crippen LogP contribution in [0, 0.1) is 0 Å². The smallest absolute Gasteiger partial charge is 0.0740 e. The fraction of sp³-hybridized carbons (Fsp3) is 0.0625. The largest absolute Gasteiger partial charge is 0.285 e. The second-order valence-electron chi connectivity index (χ2n) is 4.54. The summed E-state index contributed by atoms with van der Waals surface area (Å²) in [4.78, 5) is 0. The third-order valence-corrected chi connectivity index (χ3v) is 3.73. The van der Waals surface area contributed by atoms with E-state index >= 15 is 0 Å². The van der Waals surface area contributed by atoms with E-state index in [1.165, 1.54) is 0 Å². The topological polar surface area (TPSA) is 28.7 Å². The number of aromatic nitrogens is 2. The Morgan fingerprint density at radius 1 is 0.762 bits per heavy atom. The van der Waals surface area contributed by atoms with Gasteiger partial charge in [0.1, 0.15) is 0 Å². The normalized spacial score (nSPS) is 10.4. The first-order valence-corrected chi connectivity index (χ1v) is 7.00. The molecule has 0 aliphatic carbocycles. The lowest BCUT2D eigenvalue weighted by atomic mass is 9.89. The Hall–Kier alpha value is -1.48. The molecule has 0 saturated carbocycles. The van der Waals surface area contributed by atoms with E-state index in [9.17, 15) is 0 Å². The summed E-state index contributed by atoms with van der Waals surface area (Å²) in [5.41, 5.74) is 3.25. The van der Waals surface area contributed by atoms with Crippen molar-refractivity contribution >= 4 is 35.6 Å². The predicted octanol–water partition coefficient (Wildman–Crippen LogP) is 5.32. The van der Waals surface area contributed by atoms with Crippen LogP contribution in [-0.2, 0) is 0 Å². The molecule has 0 radical (unpaired) electrons. The fourth-order valence-electron chi connectivity index (χ4n) is 2.28. The van der Waals surface area contributed by atoms with Crippen LogP contribution in [0.5, 0.6) is 0 Å². The van der Waals surface area contributed by atoms with E-state index in [0.29, 0.717) is 0 Å². The van der Waals surface area contributed by atoms with Gasteiger partial charge in [-0.25, -0.2) is 0 Å². The number of H-pyrrole nitrogens is 1. The fourth-order valence-corrected chi connectivity index (χ4v) is 2.53. The van der Waals surface area contributed by atoms with Crippen LogP contribution in [0.15, 0.2) is 60.8 Å². The van der Waals surface area contributed by atoms with Crippen molar-refractivity contribution in [2.24, 2.45) is 0 Å². The summed E-state index contributed by atoms with van der Waals surface area (Å²) in [6, 6.07) is 17.7. The summed E-state index contributed by atoms with van der Waals surface area (Å²) in [6.45, 7) is 0. The molecule has 0 saturated heterocycles. The maximum absolute atomic E-state index is 5.97. The van der Waals surface area contributed by atoms with E-state index in [-0.39, 0.29) is 18.3 Å². The summed E-state index contributed by atoms with van der Waals surface area (Å²) < 4.78 is 0.